The van der Waals surface area contributed by atoms with Crippen LogP contribution in [0.5, 0.6) is 0 Å². The Morgan fingerprint density at radius 3 is 2.58 bits per heavy atom. The first-order valence-electron chi connectivity index (χ1n) is 3.88. The van der Waals surface area contributed by atoms with Crippen LogP contribution in [0.3, 0.4) is 0 Å². The van der Waals surface area contributed by atoms with Crippen molar-refractivity contribution < 1.29 is 8.78 Å². The van der Waals surface area contributed by atoms with Gasteiger partial charge >= 0.3 is 0 Å². The monoisotopic (exact) mass is 169 g/mol. The van der Waals surface area contributed by atoms with E-state index in [2.05, 4.69) is 0 Å². The number of hydrogen-bond acceptors (Lipinski definition) is 0. The molecule has 1 aromatic carbocycles. The number of halogens is 2. The Morgan fingerprint density at radius 1 is 1.33 bits per heavy atom. The largest absolute Gasteiger partial charge is 0.204 e. The maximum absolute atomic E-state index is 12.9. The minimum Gasteiger partial charge on any atom is -0.204 e. The van der Waals surface area contributed by atoms with Crippen molar-refractivity contribution in [2.45, 2.75) is 20.3 Å². The molecule has 0 bridgehead atoms. The van der Waals surface area contributed by atoms with Crippen molar-refractivity contribution in [2.24, 2.45) is 0 Å². The first-order chi connectivity index (χ1) is 5.66. The van der Waals surface area contributed by atoms with E-state index in [4.69, 9.17) is 0 Å². The molecule has 1 aromatic rings. The van der Waals surface area contributed by atoms with Crippen LogP contribution in [0, 0.1) is 25.0 Å². The van der Waals surface area contributed by atoms with E-state index in [0.29, 0.717) is 12.0 Å². The first kappa shape index (κ1) is 9.17. The molecular formula is C10H11F2. The van der Waals surface area contributed by atoms with Gasteiger partial charge < -0.3 is 0 Å². The predicted octanol–water partition coefficient (Wildman–Crippen LogP) is 3.04. The van der Waals surface area contributed by atoms with Gasteiger partial charge in [0.1, 0.15) is 0 Å². The van der Waals surface area contributed by atoms with Gasteiger partial charge in [-0.25, -0.2) is 8.78 Å². The Labute approximate surface area is 71.2 Å². The molecule has 0 saturated carbocycles. The standard InChI is InChI=1S/C10H11F2/c1-3-4-8-5-6-9(11)10(12)7(8)2/h3,5-6H,4H2,1-2H3. The number of rotatable bonds is 2. The van der Waals surface area contributed by atoms with Crippen molar-refractivity contribution in [2.75, 3.05) is 0 Å². The van der Waals surface area contributed by atoms with Crippen LogP contribution in [0.2, 0.25) is 0 Å². The molecule has 0 aliphatic carbocycles. The quantitative estimate of drug-likeness (QED) is 0.638. The summed E-state index contributed by atoms with van der Waals surface area (Å²) in [6, 6.07) is 2.79. The summed E-state index contributed by atoms with van der Waals surface area (Å²) in [5.74, 6) is -1.50. The molecule has 0 aliphatic heterocycles. The van der Waals surface area contributed by atoms with Crippen molar-refractivity contribution in [1.82, 2.24) is 0 Å². The highest BCUT2D eigenvalue weighted by atomic mass is 19.2. The highest BCUT2D eigenvalue weighted by Gasteiger charge is 2.07. The zero-order valence-electron chi connectivity index (χ0n) is 7.20. The lowest BCUT2D eigenvalue weighted by Gasteiger charge is -2.04. The van der Waals surface area contributed by atoms with E-state index in [9.17, 15) is 8.78 Å². The molecule has 12 heavy (non-hydrogen) atoms. The van der Waals surface area contributed by atoms with Crippen LogP contribution in [-0.2, 0) is 6.42 Å². The zero-order valence-corrected chi connectivity index (χ0v) is 7.20. The molecule has 0 aromatic heterocycles. The van der Waals surface area contributed by atoms with E-state index >= 15 is 0 Å². The molecule has 0 saturated heterocycles. The topological polar surface area (TPSA) is 0 Å². The molecule has 0 unspecified atom stereocenters. The minimum absolute atomic E-state index is 0.410. The van der Waals surface area contributed by atoms with Gasteiger partial charge in [0.05, 0.1) is 0 Å². The second-order valence-corrected chi connectivity index (χ2v) is 2.76. The Morgan fingerprint density at radius 2 is 2.00 bits per heavy atom. The Bertz CT molecular complexity index is 279. The summed E-state index contributed by atoms with van der Waals surface area (Å²) < 4.78 is 25.5. The SMILES string of the molecule is C[CH]Cc1ccc(F)c(F)c1C. The maximum atomic E-state index is 12.9. The van der Waals surface area contributed by atoms with Crippen molar-refractivity contribution in [3.63, 3.8) is 0 Å². The Balaban J connectivity index is 3.08. The van der Waals surface area contributed by atoms with E-state index < -0.39 is 11.6 Å². The van der Waals surface area contributed by atoms with Gasteiger partial charge in [0.25, 0.3) is 0 Å². The molecule has 65 valence electrons. The molecule has 1 radical (unpaired) electrons. The maximum Gasteiger partial charge on any atom is 0.161 e. The fraction of sp³-hybridized carbons (Fsp3) is 0.300. The van der Waals surface area contributed by atoms with Crippen molar-refractivity contribution in [1.29, 1.82) is 0 Å². The zero-order chi connectivity index (χ0) is 9.14. The van der Waals surface area contributed by atoms with Crippen LogP contribution in [0.15, 0.2) is 12.1 Å². The molecule has 0 N–H and O–H groups in total. The lowest BCUT2D eigenvalue weighted by atomic mass is 10.0. The number of benzene rings is 1. The predicted molar refractivity (Wildman–Crippen MR) is 44.8 cm³/mol. The smallest absolute Gasteiger partial charge is 0.161 e. The van der Waals surface area contributed by atoms with Crippen LogP contribution in [-0.4, -0.2) is 0 Å². The van der Waals surface area contributed by atoms with Crippen molar-refractivity contribution in [3.05, 3.63) is 41.3 Å². The summed E-state index contributed by atoms with van der Waals surface area (Å²) >= 11 is 0. The summed E-state index contributed by atoms with van der Waals surface area (Å²) in [6.07, 6.45) is 2.60. The van der Waals surface area contributed by atoms with Crippen LogP contribution in [0.4, 0.5) is 8.78 Å². The van der Waals surface area contributed by atoms with Crippen molar-refractivity contribution >= 4 is 0 Å². The molecular weight excluding hydrogens is 158 g/mol. The Kier molecular flexibility index (Phi) is 2.79. The third-order valence-electron chi connectivity index (χ3n) is 1.88. The van der Waals surface area contributed by atoms with Crippen LogP contribution >= 0.6 is 0 Å². The van der Waals surface area contributed by atoms with E-state index in [1.165, 1.54) is 6.07 Å². The van der Waals surface area contributed by atoms with E-state index in [0.717, 1.165) is 5.56 Å². The Hall–Kier alpha value is -0.920. The van der Waals surface area contributed by atoms with Gasteiger partial charge in [-0.3, -0.25) is 0 Å². The molecule has 0 fully saturated rings. The van der Waals surface area contributed by atoms with E-state index in [-0.39, 0.29) is 0 Å². The lowest BCUT2D eigenvalue weighted by molar-refractivity contribution is 0.501. The minimum atomic E-state index is -0.771. The molecule has 0 heterocycles. The third-order valence-corrected chi connectivity index (χ3v) is 1.88. The second kappa shape index (κ2) is 3.65. The lowest BCUT2D eigenvalue weighted by Crippen LogP contribution is -1.95. The second-order valence-electron chi connectivity index (χ2n) is 2.76. The highest BCUT2D eigenvalue weighted by Crippen LogP contribution is 2.16. The van der Waals surface area contributed by atoms with Gasteiger partial charge in [0.2, 0.25) is 0 Å². The van der Waals surface area contributed by atoms with Gasteiger partial charge in [-0.05, 0) is 37.0 Å². The molecule has 0 nitrogen and oxygen atoms in total. The summed E-state index contributed by atoms with van der Waals surface area (Å²) in [6.45, 7) is 3.48. The van der Waals surface area contributed by atoms with Gasteiger partial charge in [-0.1, -0.05) is 13.0 Å². The van der Waals surface area contributed by atoms with E-state index in [1.54, 1.807) is 13.0 Å². The fourth-order valence-electron chi connectivity index (χ4n) is 1.13. The molecule has 2 heteroatoms. The summed E-state index contributed by atoms with van der Waals surface area (Å²) in [7, 11) is 0. The van der Waals surface area contributed by atoms with Crippen LogP contribution in [0.1, 0.15) is 18.1 Å². The average molecular weight is 169 g/mol. The molecule has 0 amide bonds. The summed E-state index contributed by atoms with van der Waals surface area (Å²) in [5, 5.41) is 0. The molecule has 0 aliphatic rings. The van der Waals surface area contributed by atoms with Crippen molar-refractivity contribution in [3.8, 4) is 0 Å². The van der Waals surface area contributed by atoms with Gasteiger partial charge in [0.15, 0.2) is 11.6 Å². The number of hydrogen-bond donors (Lipinski definition) is 0. The average Bonchev–Trinajstić information content (AvgIpc) is 2.07. The highest BCUT2D eigenvalue weighted by molar-refractivity contribution is 5.29. The van der Waals surface area contributed by atoms with Gasteiger partial charge in [-0.2, -0.15) is 0 Å². The first-order valence-corrected chi connectivity index (χ1v) is 3.88. The normalized spacial score (nSPS) is 10.3. The van der Waals surface area contributed by atoms with Crippen LogP contribution < -0.4 is 0 Å². The van der Waals surface area contributed by atoms with Gasteiger partial charge in [-0.15, -0.1) is 0 Å². The fourth-order valence-corrected chi connectivity index (χ4v) is 1.13. The summed E-state index contributed by atoms with van der Waals surface area (Å²) in [5.41, 5.74) is 1.25. The van der Waals surface area contributed by atoms with E-state index in [1.807, 2.05) is 13.3 Å². The summed E-state index contributed by atoms with van der Waals surface area (Å²) in [4.78, 5) is 0. The third kappa shape index (κ3) is 1.63. The molecule has 0 atom stereocenters. The van der Waals surface area contributed by atoms with Crippen LogP contribution in [0.25, 0.3) is 0 Å². The van der Waals surface area contributed by atoms with Gasteiger partial charge in [0, 0.05) is 0 Å². The molecule has 1 rings (SSSR count). The molecule has 0 spiro atoms.